The van der Waals surface area contributed by atoms with Gasteiger partial charge in [0.15, 0.2) is 0 Å². The van der Waals surface area contributed by atoms with Gasteiger partial charge in [-0.05, 0) is 38.9 Å². The Bertz CT molecular complexity index is 606. The highest BCUT2D eigenvalue weighted by atomic mass is 16.5. The molecule has 0 radical (unpaired) electrons. The van der Waals surface area contributed by atoms with Crippen molar-refractivity contribution in [1.29, 1.82) is 0 Å². The van der Waals surface area contributed by atoms with Crippen molar-refractivity contribution in [2.24, 2.45) is 0 Å². The van der Waals surface area contributed by atoms with Crippen LogP contribution < -0.4 is 10.1 Å². The second kappa shape index (κ2) is 6.31. The van der Waals surface area contributed by atoms with Crippen LogP contribution in [0.25, 0.3) is 0 Å². The summed E-state index contributed by atoms with van der Waals surface area (Å²) in [6.45, 7) is 7.92. The van der Waals surface area contributed by atoms with Crippen LogP contribution in [0.4, 0.5) is 0 Å². The largest absolute Gasteiger partial charge is 0.493 e. The fraction of sp³-hybridized carbons (Fsp3) is 0.471. The molecule has 4 heteroatoms. The lowest BCUT2D eigenvalue weighted by molar-refractivity contribution is 0.326. The van der Waals surface area contributed by atoms with E-state index in [0.29, 0.717) is 5.92 Å². The summed E-state index contributed by atoms with van der Waals surface area (Å²) in [6, 6.07) is 10.5. The van der Waals surface area contributed by atoms with E-state index >= 15 is 0 Å². The molecule has 1 atom stereocenters. The van der Waals surface area contributed by atoms with Crippen LogP contribution in [0.1, 0.15) is 29.3 Å². The van der Waals surface area contributed by atoms with Gasteiger partial charge in [-0.3, -0.25) is 4.68 Å². The number of fused-ring (bicyclic) bond motifs is 1. The quantitative estimate of drug-likeness (QED) is 0.829. The topological polar surface area (TPSA) is 39.1 Å². The number of ether oxygens (including phenoxy) is 1. The SMILES string of the molecule is Cc1cc(C)n(CCCNCC2COc3ccccc32)n1. The van der Waals surface area contributed by atoms with Crippen molar-refractivity contribution in [3.05, 3.63) is 47.3 Å². The Hall–Kier alpha value is -1.81. The van der Waals surface area contributed by atoms with Crippen molar-refractivity contribution in [3.63, 3.8) is 0 Å². The van der Waals surface area contributed by atoms with Crippen molar-refractivity contribution in [1.82, 2.24) is 15.1 Å². The van der Waals surface area contributed by atoms with Crippen LogP contribution in [-0.4, -0.2) is 29.5 Å². The summed E-state index contributed by atoms with van der Waals surface area (Å²) in [4.78, 5) is 0. The van der Waals surface area contributed by atoms with Gasteiger partial charge in [-0.25, -0.2) is 0 Å². The van der Waals surface area contributed by atoms with Gasteiger partial charge in [-0.1, -0.05) is 18.2 Å². The second-order valence-corrected chi connectivity index (χ2v) is 5.75. The summed E-state index contributed by atoms with van der Waals surface area (Å²) in [6.07, 6.45) is 1.09. The third-order valence-corrected chi connectivity index (χ3v) is 4.02. The van der Waals surface area contributed by atoms with Crippen LogP contribution in [0, 0.1) is 13.8 Å². The minimum Gasteiger partial charge on any atom is -0.493 e. The maximum Gasteiger partial charge on any atom is 0.122 e. The molecular formula is C17H23N3O. The number of para-hydroxylation sites is 1. The zero-order valence-electron chi connectivity index (χ0n) is 12.8. The van der Waals surface area contributed by atoms with E-state index in [2.05, 4.69) is 46.3 Å². The van der Waals surface area contributed by atoms with E-state index in [9.17, 15) is 0 Å². The average molecular weight is 285 g/mol. The first-order valence-electron chi connectivity index (χ1n) is 7.67. The molecule has 112 valence electrons. The minimum atomic E-state index is 0.481. The number of nitrogens with one attached hydrogen (secondary N) is 1. The molecule has 0 bridgehead atoms. The molecule has 21 heavy (non-hydrogen) atoms. The number of aromatic nitrogens is 2. The van der Waals surface area contributed by atoms with Crippen LogP contribution in [0.15, 0.2) is 30.3 Å². The van der Waals surface area contributed by atoms with Gasteiger partial charge in [-0.15, -0.1) is 0 Å². The molecule has 2 aromatic rings. The van der Waals surface area contributed by atoms with Gasteiger partial charge in [0.05, 0.1) is 12.3 Å². The summed E-state index contributed by atoms with van der Waals surface area (Å²) in [5.41, 5.74) is 3.68. The molecule has 0 fully saturated rings. The molecule has 2 heterocycles. The van der Waals surface area contributed by atoms with Crippen molar-refractivity contribution in [2.75, 3.05) is 19.7 Å². The molecule has 0 spiro atoms. The van der Waals surface area contributed by atoms with Crippen molar-refractivity contribution < 1.29 is 4.74 Å². The number of aryl methyl sites for hydroxylation is 3. The summed E-state index contributed by atoms with van der Waals surface area (Å²) >= 11 is 0. The molecule has 1 aliphatic rings. The predicted molar refractivity (Wildman–Crippen MR) is 83.9 cm³/mol. The standard InChI is InChI=1S/C17H23N3O/c1-13-10-14(2)20(19-13)9-5-8-18-11-15-12-21-17-7-4-3-6-16(15)17/h3-4,6-7,10,15,18H,5,8-9,11-12H2,1-2H3. The molecule has 3 rings (SSSR count). The number of nitrogens with zero attached hydrogens (tertiary/aromatic N) is 2. The summed E-state index contributed by atoms with van der Waals surface area (Å²) in [5.74, 6) is 1.53. The maximum atomic E-state index is 5.70. The first-order chi connectivity index (χ1) is 10.2. The number of hydrogen-bond donors (Lipinski definition) is 1. The average Bonchev–Trinajstić information content (AvgIpc) is 3.02. The van der Waals surface area contributed by atoms with Gasteiger partial charge in [0.25, 0.3) is 0 Å². The van der Waals surface area contributed by atoms with Crippen molar-refractivity contribution >= 4 is 0 Å². The second-order valence-electron chi connectivity index (χ2n) is 5.75. The molecule has 1 aromatic heterocycles. The molecule has 1 unspecified atom stereocenters. The van der Waals surface area contributed by atoms with Crippen molar-refractivity contribution in [2.45, 2.75) is 32.7 Å². The van der Waals surface area contributed by atoms with E-state index < -0.39 is 0 Å². The lowest BCUT2D eigenvalue weighted by Gasteiger charge is -2.11. The zero-order chi connectivity index (χ0) is 14.7. The van der Waals surface area contributed by atoms with Gasteiger partial charge in [0.1, 0.15) is 5.75 Å². The Balaban J connectivity index is 1.40. The lowest BCUT2D eigenvalue weighted by atomic mass is 10.0. The molecule has 0 aliphatic carbocycles. The number of hydrogen-bond acceptors (Lipinski definition) is 3. The highest BCUT2D eigenvalue weighted by Crippen LogP contribution is 2.32. The van der Waals surface area contributed by atoms with Gasteiger partial charge in [0.2, 0.25) is 0 Å². The Morgan fingerprint density at radius 2 is 2.19 bits per heavy atom. The van der Waals surface area contributed by atoms with Gasteiger partial charge in [-0.2, -0.15) is 5.10 Å². The van der Waals surface area contributed by atoms with Crippen LogP contribution in [-0.2, 0) is 6.54 Å². The van der Waals surface area contributed by atoms with E-state index in [0.717, 1.165) is 44.1 Å². The minimum absolute atomic E-state index is 0.481. The molecule has 1 N–H and O–H groups in total. The van der Waals surface area contributed by atoms with Crippen LogP contribution in [0.2, 0.25) is 0 Å². The fourth-order valence-corrected chi connectivity index (χ4v) is 2.93. The van der Waals surface area contributed by atoms with E-state index in [1.54, 1.807) is 0 Å². The van der Waals surface area contributed by atoms with E-state index in [4.69, 9.17) is 4.74 Å². The van der Waals surface area contributed by atoms with Gasteiger partial charge in [0, 0.05) is 30.3 Å². The molecule has 0 saturated heterocycles. The Labute approximate surface area is 126 Å². The Kier molecular flexibility index (Phi) is 4.25. The zero-order valence-corrected chi connectivity index (χ0v) is 12.8. The normalized spacial score (nSPS) is 16.8. The monoisotopic (exact) mass is 285 g/mol. The van der Waals surface area contributed by atoms with Crippen LogP contribution >= 0.6 is 0 Å². The van der Waals surface area contributed by atoms with Gasteiger partial charge >= 0.3 is 0 Å². The first kappa shape index (κ1) is 14.1. The maximum absolute atomic E-state index is 5.70. The highest BCUT2D eigenvalue weighted by Gasteiger charge is 2.22. The fourth-order valence-electron chi connectivity index (χ4n) is 2.93. The first-order valence-corrected chi connectivity index (χ1v) is 7.67. The number of benzene rings is 1. The number of rotatable bonds is 6. The summed E-state index contributed by atoms with van der Waals surface area (Å²) in [7, 11) is 0. The van der Waals surface area contributed by atoms with E-state index in [-0.39, 0.29) is 0 Å². The molecular weight excluding hydrogens is 262 g/mol. The molecule has 1 aliphatic heterocycles. The molecule has 0 amide bonds. The Morgan fingerprint density at radius 3 is 3.00 bits per heavy atom. The summed E-state index contributed by atoms with van der Waals surface area (Å²) in [5, 5.41) is 8.03. The van der Waals surface area contributed by atoms with Crippen LogP contribution in [0.3, 0.4) is 0 Å². The lowest BCUT2D eigenvalue weighted by Crippen LogP contribution is -2.24. The molecule has 0 saturated carbocycles. The molecule has 1 aromatic carbocycles. The molecule has 4 nitrogen and oxygen atoms in total. The van der Waals surface area contributed by atoms with Crippen molar-refractivity contribution in [3.8, 4) is 5.75 Å². The summed E-state index contributed by atoms with van der Waals surface area (Å²) < 4.78 is 7.79. The van der Waals surface area contributed by atoms with E-state index in [1.165, 1.54) is 11.3 Å². The van der Waals surface area contributed by atoms with Gasteiger partial charge < -0.3 is 10.1 Å². The Morgan fingerprint density at radius 1 is 1.33 bits per heavy atom. The predicted octanol–water partition coefficient (Wildman–Crippen LogP) is 2.66. The van der Waals surface area contributed by atoms with E-state index in [1.807, 2.05) is 13.0 Å². The third-order valence-electron chi connectivity index (χ3n) is 4.02. The van der Waals surface area contributed by atoms with Crippen LogP contribution in [0.5, 0.6) is 5.75 Å². The third kappa shape index (κ3) is 3.27. The highest BCUT2D eigenvalue weighted by molar-refractivity contribution is 5.39. The smallest absolute Gasteiger partial charge is 0.122 e.